The standard InChI is InChI=1S/C16H17NO5S/c1-20-13-4-2-3-12(9-13)11-17-23(18,19)14-5-6-15-16(10-14)22-8-7-21-15/h2-6,9-10,17H,7-8,11H2,1H3. The number of ether oxygens (including phenoxy) is 3. The van der Waals surface area contributed by atoms with Crippen LogP contribution in [0, 0.1) is 0 Å². The van der Waals surface area contributed by atoms with Crippen molar-refractivity contribution in [3.63, 3.8) is 0 Å². The average molecular weight is 335 g/mol. The molecule has 2 aromatic carbocycles. The van der Waals surface area contributed by atoms with Crippen LogP contribution in [0.4, 0.5) is 0 Å². The van der Waals surface area contributed by atoms with Crippen molar-refractivity contribution < 1.29 is 22.6 Å². The summed E-state index contributed by atoms with van der Waals surface area (Å²) < 4.78 is 43.3. The van der Waals surface area contributed by atoms with Crippen LogP contribution in [0.3, 0.4) is 0 Å². The van der Waals surface area contributed by atoms with E-state index < -0.39 is 10.0 Å². The normalized spacial score (nSPS) is 13.6. The molecule has 1 N–H and O–H groups in total. The number of hydrogen-bond acceptors (Lipinski definition) is 5. The molecule has 0 atom stereocenters. The third kappa shape index (κ3) is 3.57. The summed E-state index contributed by atoms with van der Waals surface area (Å²) in [4.78, 5) is 0.143. The first-order valence-electron chi connectivity index (χ1n) is 7.11. The van der Waals surface area contributed by atoms with Crippen LogP contribution in [0.2, 0.25) is 0 Å². The second-order valence-corrected chi connectivity index (χ2v) is 6.75. The summed E-state index contributed by atoms with van der Waals surface area (Å²) in [6.45, 7) is 1.05. The third-order valence-electron chi connectivity index (χ3n) is 3.42. The van der Waals surface area contributed by atoms with Gasteiger partial charge in [0.25, 0.3) is 0 Å². The molecule has 3 rings (SSSR count). The number of nitrogens with one attached hydrogen (secondary N) is 1. The van der Waals surface area contributed by atoms with Gasteiger partial charge in [-0.3, -0.25) is 0 Å². The zero-order valence-corrected chi connectivity index (χ0v) is 13.4. The second kappa shape index (κ2) is 6.47. The highest BCUT2D eigenvalue weighted by molar-refractivity contribution is 7.89. The molecule has 0 bridgehead atoms. The van der Waals surface area contributed by atoms with E-state index in [4.69, 9.17) is 14.2 Å². The summed E-state index contributed by atoms with van der Waals surface area (Å²) in [5.41, 5.74) is 0.811. The summed E-state index contributed by atoms with van der Waals surface area (Å²) in [5, 5.41) is 0. The molecule has 1 heterocycles. The topological polar surface area (TPSA) is 73.9 Å². The first-order chi connectivity index (χ1) is 11.1. The van der Waals surface area contributed by atoms with Crippen molar-refractivity contribution in [2.45, 2.75) is 11.4 Å². The number of benzene rings is 2. The second-order valence-electron chi connectivity index (χ2n) is 4.98. The lowest BCUT2D eigenvalue weighted by atomic mass is 10.2. The van der Waals surface area contributed by atoms with Gasteiger partial charge in [-0.1, -0.05) is 12.1 Å². The van der Waals surface area contributed by atoms with Crippen molar-refractivity contribution in [3.8, 4) is 17.2 Å². The molecule has 0 amide bonds. The average Bonchev–Trinajstić information content (AvgIpc) is 2.60. The molecule has 6 nitrogen and oxygen atoms in total. The quantitative estimate of drug-likeness (QED) is 0.904. The Morgan fingerprint density at radius 1 is 1.09 bits per heavy atom. The number of fused-ring (bicyclic) bond motifs is 1. The van der Waals surface area contributed by atoms with Crippen LogP contribution in [-0.2, 0) is 16.6 Å². The molecule has 0 aromatic heterocycles. The van der Waals surface area contributed by atoms with E-state index in [9.17, 15) is 8.42 Å². The van der Waals surface area contributed by atoms with E-state index in [2.05, 4.69) is 4.72 Å². The summed E-state index contributed by atoms with van der Waals surface area (Å²) in [6, 6.07) is 11.8. The van der Waals surface area contributed by atoms with Gasteiger partial charge in [0.15, 0.2) is 11.5 Å². The molecule has 0 saturated heterocycles. The number of methoxy groups -OCH3 is 1. The maximum Gasteiger partial charge on any atom is 0.241 e. The van der Waals surface area contributed by atoms with Gasteiger partial charge in [-0.25, -0.2) is 13.1 Å². The molecule has 1 aliphatic heterocycles. The van der Waals surface area contributed by atoms with Crippen molar-refractivity contribution in [1.29, 1.82) is 0 Å². The molecule has 0 radical (unpaired) electrons. The Labute approximate surface area is 135 Å². The third-order valence-corrected chi connectivity index (χ3v) is 4.82. The van der Waals surface area contributed by atoms with Gasteiger partial charge in [-0.15, -0.1) is 0 Å². The maximum absolute atomic E-state index is 12.4. The predicted molar refractivity (Wildman–Crippen MR) is 84.5 cm³/mol. The molecular weight excluding hydrogens is 318 g/mol. The largest absolute Gasteiger partial charge is 0.497 e. The van der Waals surface area contributed by atoms with Gasteiger partial charge in [0, 0.05) is 12.6 Å². The number of rotatable bonds is 5. The Hall–Kier alpha value is -2.25. The molecule has 0 aliphatic carbocycles. The van der Waals surface area contributed by atoms with Gasteiger partial charge in [0.05, 0.1) is 12.0 Å². The van der Waals surface area contributed by atoms with E-state index in [0.29, 0.717) is 30.5 Å². The summed E-state index contributed by atoms with van der Waals surface area (Å²) >= 11 is 0. The summed E-state index contributed by atoms with van der Waals surface area (Å²) in [6.07, 6.45) is 0. The minimum atomic E-state index is -3.64. The van der Waals surface area contributed by atoms with Gasteiger partial charge in [0.2, 0.25) is 10.0 Å². The van der Waals surface area contributed by atoms with Gasteiger partial charge < -0.3 is 14.2 Å². The van der Waals surface area contributed by atoms with E-state index in [1.54, 1.807) is 25.3 Å². The molecule has 23 heavy (non-hydrogen) atoms. The van der Waals surface area contributed by atoms with Crippen LogP contribution >= 0.6 is 0 Å². The Bertz CT molecular complexity index is 804. The molecule has 122 valence electrons. The van der Waals surface area contributed by atoms with E-state index in [1.165, 1.54) is 12.1 Å². The zero-order chi connectivity index (χ0) is 16.3. The first-order valence-corrected chi connectivity index (χ1v) is 8.59. The van der Waals surface area contributed by atoms with Gasteiger partial charge in [-0.05, 0) is 29.8 Å². The lowest BCUT2D eigenvalue weighted by molar-refractivity contribution is 0.171. The zero-order valence-electron chi connectivity index (χ0n) is 12.6. The van der Waals surface area contributed by atoms with Crippen LogP contribution in [-0.4, -0.2) is 28.7 Å². The van der Waals surface area contributed by atoms with Gasteiger partial charge in [-0.2, -0.15) is 0 Å². The summed E-state index contributed by atoms with van der Waals surface area (Å²) in [7, 11) is -2.07. The smallest absolute Gasteiger partial charge is 0.241 e. The van der Waals surface area contributed by atoms with Crippen molar-refractivity contribution in [2.24, 2.45) is 0 Å². The van der Waals surface area contributed by atoms with E-state index in [1.807, 2.05) is 12.1 Å². The maximum atomic E-state index is 12.4. The van der Waals surface area contributed by atoms with Gasteiger partial charge >= 0.3 is 0 Å². The Morgan fingerprint density at radius 3 is 2.65 bits per heavy atom. The van der Waals surface area contributed by atoms with E-state index in [0.717, 1.165) is 5.56 Å². The Balaban J connectivity index is 1.76. The van der Waals surface area contributed by atoms with Crippen molar-refractivity contribution in [2.75, 3.05) is 20.3 Å². The lowest BCUT2D eigenvalue weighted by Crippen LogP contribution is -2.23. The fourth-order valence-corrected chi connectivity index (χ4v) is 3.27. The minimum absolute atomic E-state index is 0.143. The molecular formula is C16H17NO5S. The lowest BCUT2D eigenvalue weighted by Gasteiger charge is -2.19. The molecule has 7 heteroatoms. The number of sulfonamides is 1. The first kappa shape index (κ1) is 15.6. The number of hydrogen-bond donors (Lipinski definition) is 1. The Morgan fingerprint density at radius 2 is 1.87 bits per heavy atom. The molecule has 0 saturated carbocycles. The highest BCUT2D eigenvalue weighted by atomic mass is 32.2. The minimum Gasteiger partial charge on any atom is -0.497 e. The highest BCUT2D eigenvalue weighted by Gasteiger charge is 2.19. The van der Waals surface area contributed by atoms with Crippen LogP contribution < -0.4 is 18.9 Å². The fourth-order valence-electron chi connectivity index (χ4n) is 2.23. The van der Waals surface area contributed by atoms with Crippen LogP contribution in [0.15, 0.2) is 47.4 Å². The molecule has 0 spiro atoms. The van der Waals surface area contributed by atoms with E-state index in [-0.39, 0.29) is 11.4 Å². The van der Waals surface area contributed by atoms with Crippen LogP contribution in [0.25, 0.3) is 0 Å². The predicted octanol–water partition coefficient (Wildman–Crippen LogP) is 1.94. The van der Waals surface area contributed by atoms with Crippen LogP contribution in [0.5, 0.6) is 17.2 Å². The SMILES string of the molecule is COc1cccc(CNS(=O)(=O)c2ccc3c(c2)OCCO3)c1. The monoisotopic (exact) mass is 335 g/mol. The van der Waals surface area contributed by atoms with Crippen molar-refractivity contribution >= 4 is 10.0 Å². The molecule has 0 fully saturated rings. The van der Waals surface area contributed by atoms with Gasteiger partial charge in [0.1, 0.15) is 19.0 Å². The van der Waals surface area contributed by atoms with E-state index >= 15 is 0 Å². The molecule has 1 aliphatic rings. The summed E-state index contributed by atoms with van der Waals surface area (Å²) in [5.74, 6) is 1.68. The highest BCUT2D eigenvalue weighted by Crippen LogP contribution is 2.32. The Kier molecular flexibility index (Phi) is 4.40. The molecule has 0 unspecified atom stereocenters. The fraction of sp³-hybridized carbons (Fsp3) is 0.250. The van der Waals surface area contributed by atoms with Crippen molar-refractivity contribution in [3.05, 3.63) is 48.0 Å². The van der Waals surface area contributed by atoms with Crippen molar-refractivity contribution in [1.82, 2.24) is 4.72 Å². The molecule has 2 aromatic rings. The van der Waals surface area contributed by atoms with Crippen LogP contribution in [0.1, 0.15) is 5.56 Å².